The molecule has 0 aliphatic rings. The minimum atomic E-state index is 0.370. The lowest BCUT2D eigenvalue weighted by molar-refractivity contribution is 0.0751. The smallest absolute Gasteiger partial charge is 0.0518 e. The average Bonchev–Trinajstić information content (AvgIpc) is 2.09. The summed E-state index contributed by atoms with van der Waals surface area (Å²) in [6, 6.07) is 0. The van der Waals surface area contributed by atoms with Gasteiger partial charge in [0.25, 0.3) is 0 Å². The van der Waals surface area contributed by atoms with E-state index in [1.165, 1.54) is 19.3 Å². The summed E-state index contributed by atoms with van der Waals surface area (Å²) in [6.45, 7) is 10.1. The third-order valence-corrected chi connectivity index (χ3v) is 1.78. The van der Waals surface area contributed by atoms with Crippen molar-refractivity contribution in [1.82, 2.24) is 0 Å². The molecule has 0 saturated carbocycles. The first-order valence-electron chi connectivity index (χ1n) is 5.26. The molecule has 0 fully saturated rings. The molecule has 2 nitrogen and oxygen atoms in total. The molecule has 0 aliphatic carbocycles. The Labute approximate surface area is 82.6 Å². The van der Waals surface area contributed by atoms with Crippen molar-refractivity contribution in [2.45, 2.75) is 45.6 Å². The number of rotatable bonds is 9. The number of hydrogen-bond acceptors (Lipinski definition) is 2. The molecule has 0 aromatic rings. The van der Waals surface area contributed by atoms with Crippen molar-refractivity contribution >= 4 is 0 Å². The summed E-state index contributed by atoms with van der Waals surface area (Å²) >= 11 is 0. The van der Waals surface area contributed by atoms with E-state index in [1.807, 2.05) is 0 Å². The van der Waals surface area contributed by atoms with Gasteiger partial charge in [-0.1, -0.05) is 12.8 Å². The normalized spacial score (nSPS) is 11.1. The first-order valence-corrected chi connectivity index (χ1v) is 5.26. The van der Waals surface area contributed by atoms with Crippen LogP contribution >= 0.6 is 0 Å². The number of ether oxygens (including phenoxy) is 2. The summed E-state index contributed by atoms with van der Waals surface area (Å²) in [7, 11) is 0. The molecule has 0 rings (SSSR count). The fourth-order valence-electron chi connectivity index (χ4n) is 1.08. The molecule has 79 valence electrons. The third-order valence-electron chi connectivity index (χ3n) is 1.78. The van der Waals surface area contributed by atoms with Gasteiger partial charge in [0.05, 0.1) is 6.10 Å². The fraction of sp³-hybridized carbons (Fsp3) is 0.909. The SMILES string of the molecule is [CH2]COCCCCCCOC(C)C. The van der Waals surface area contributed by atoms with Gasteiger partial charge >= 0.3 is 0 Å². The van der Waals surface area contributed by atoms with Crippen molar-refractivity contribution in [3.05, 3.63) is 6.92 Å². The van der Waals surface area contributed by atoms with Crippen LogP contribution in [0.1, 0.15) is 39.5 Å². The molecule has 0 unspecified atom stereocenters. The van der Waals surface area contributed by atoms with Crippen molar-refractivity contribution in [3.8, 4) is 0 Å². The van der Waals surface area contributed by atoms with Gasteiger partial charge in [-0.3, -0.25) is 0 Å². The van der Waals surface area contributed by atoms with Crippen LogP contribution < -0.4 is 0 Å². The molecule has 13 heavy (non-hydrogen) atoms. The Bertz CT molecular complexity index is 92.1. The van der Waals surface area contributed by atoms with Gasteiger partial charge in [0.15, 0.2) is 0 Å². The second-order valence-corrected chi connectivity index (χ2v) is 3.45. The standard InChI is InChI=1S/C11H23O2/c1-4-12-9-7-5-6-8-10-13-11(2)3/h11H,1,4-10H2,2-3H3. The first-order chi connectivity index (χ1) is 6.27. The Balaban J connectivity index is 2.84. The third kappa shape index (κ3) is 11.9. The van der Waals surface area contributed by atoms with E-state index < -0.39 is 0 Å². The Kier molecular flexibility index (Phi) is 9.94. The summed E-state index contributed by atoms with van der Waals surface area (Å²) in [4.78, 5) is 0. The van der Waals surface area contributed by atoms with E-state index in [4.69, 9.17) is 9.47 Å². The summed E-state index contributed by atoms with van der Waals surface area (Å²) in [6.07, 6.45) is 5.17. The van der Waals surface area contributed by atoms with Gasteiger partial charge in [0, 0.05) is 19.8 Å². The lowest BCUT2D eigenvalue weighted by atomic mass is 10.2. The van der Waals surface area contributed by atoms with Gasteiger partial charge in [-0.05, 0) is 33.6 Å². The summed E-state index contributed by atoms with van der Waals surface area (Å²) in [5.41, 5.74) is 0. The number of hydrogen-bond donors (Lipinski definition) is 0. The van der Waals surface area contributed by atoms with Crippen LogP contribution in [-0.4, -0.2) is 25.9 Å². The van der Waals surface area contributed by atoms with E-state index in [9.17, 15) is 0 Å². The quantitative estimate of drug-likeness (QED) is 0.517. The molecule has 0 atom stereocenters. The maximum atomic E-state index is 5.43. The molecule has 0 N–H and O–H groups in total. The Morgan fingerprint density at radius 1 is 1.00 bits per heavy atom. The molecule has 0 saturated heterocycles. The summed E-state index contributed by atoms with van der Waals surface area (Å²) in [5.74, 6) is 0. The highest BCUT2D eigenvalue weighted by molar-refractivity contribution is 4.44. The van der Waals surface area contributed by atoms with Crippen molar-refractivity contribution < 1.29 is 9.47 Å². The second kappa shape index (κ2) is 10.0. The van der Waals surface area contributed by atoms with E-state index in [0.29, 0.717) is 12.7 Å². The van der Waals surface area contributed by atoms with Crippen LogP contribution in [0.25, 0.3) is 0 Å². The van der Waals surface area contributed by atoms with E-state index in [-0.39, 0.29) is 0 Å². The van der Waals surface area contributed by atoms with Crippen LogP contribution in [0.3, 0.4) is 0 Å². The predicted molar refractivity (Wildman–Crippen MR) is 55.7 cm³/mol. The van der Waals surface area contributed by atoms with Crippen molar-refractivity contribution in [2.24, 2.45) is 0 Å². The van der Waals surface area contributed by atoms with E-state index in [0.717, 1.165) is 19.6 Å². The summed E-state index contributed by atoms with van der Waals surface area (Å²) < 4.78 is 10.6. The van der Waals surface area contributed by atoms with Crippen LogP contribution in [0.5, 0.6) is 0 Å². The van der Waals surface area contributed by atoms with E-state index >= 15 is 0 Å². The largest absolute Gasteiger partial charge is 0.381 e. The molecule has 1 radical (unpaired) electrons. The molecule has 0 spiro atoms. The fourth-order valence-corrected chi connectivity index (χ4v) is 1.08. The van der Waals surface area contributed by atoms with Crippen LogP contribution in [0.15, 0.2) is 0 Å². The molecule has 0 aromatic carbocycles. The van der Waals surface area contributed by atoms with Crippen molar-refractivity contribution in [1.29, 1.82) is 0 Å². The zero-order valence-corrected chi connectivity index (χ0v) is 9.05. The van der Waals surface area contributed by atoms with Gasteiger partial charge in [0.1, 0.15) is 0 Å². The van der Waals surface area contributed by atoms with Gasteiger partial charge in [-0.2, -0.15) is 0 Å². The molecule has 0 heterocycles. The molecule has 0 aliphatic heterocycles. The lowest BCUT2D eigenvalue weighted by Crippen LogP contribution is -2.03. The molecule has 0 bridgehead atoms. The molecular weight excluding hydrogens is 164 g/mol. The maximum absolute atomic E-state index is 5.43. The van der Waals surface area contributed by atoms with Crippen LogP contribution in [0, 0.1) is 6.92 Å². The summed E-state index contributed by atoms with van der Waals surface area (Å²) in [5, 5.41) is 0. The van der Waals surface area contributed by atoms with Gasteiger partial charge in [-0.25, -0.2) is 0 Å². The number of unbranched alkanes of at least 4 members (excludes halogenated alkanes) is 3. The molecule has 0 amide bonds. The van der Waals surface area contributed by atoms with Gasteiger partial charge < -0.3 is 9.47 Å². The second-order valence-electron chi connectivity index (χ2n) is 3.45. The van der Waals surface area contributed by atoms with Crippen LogP contribution in [0.4, 0.5) is 0 Å². The predicted octanol–water partition coefficient (Wildman–Crippen LogP) is 2.82. The Hall–Kier alpha value is -0.0800. The van der Waals surface area contributed by atoms with Crippen LogP contribution in [-0.2, 0) is 9.47 Å². The zero-order chi connectivity index (χ0) is 9.94. The van der Waals surface area contributed by atoms with Crippen molar-refractivity contribution in [2.75, 3.05) is 19.8 Å². The first kappa shape index (κ1) is 12.9. The van der Waals surface area contributed by atoms with Gasteiger partial charge in [-0.15, -0.1) is 0 Å². The lowest BCUT2D eigenvalue weighted by Gasteiger charge is -2.06. The minimum absolute atomic E-state index is 0.370. The highest BCUT2D eigenvalue weighted by atomic mass is 16.5. The average molecular weight is 187 g/mol. The monoisotopic (exact) mass is 187 g/mol. The minimum Gasteiger partial charge on any atom is -0.381 e. The molecule has 2 heteroatoms. The topological polar surface area (TPSA) is 18.5 Å². The zero-order valence-electron chi connectivity index (χ0n) is 9.05. The van der Waals surface area contributed by atoms with Gasteiger partial charge in [0.2, 0.25) is 0 Å². The van der Waals surface area contributed by atoms with E-state index in [2.05, 4.69) is 20.8 Å². The molecule has 0 aromatic heterocycles. The Morgan fingerprint density at radius 2 is 1.62 bits per heavy atom. The van der Waals surface area contributed by atoms with E-state index in [1.54, 1.807) is 0 Å². The Morgan fingerprint density at radius 3 is 2.15 bits per heavy atom. The molecular formula is C11H23O2. The van der Waals surface area contributed by atoms with Crippen LogP contribution in [0.2, 0.25) is 0 Å². The highest BCUT2D eigenvalue weighted by Gasteiger charge is 1.93. The highest BCUT2D eigenvalue weighted by Crippen LogP contribution is 2.01. The maximum Gasteiger partial charge on any atom is 0.0518 e. The van der Waals surface area contributed by atoms with Crippen molar-refractivity contribution in [3.63, 3.8) is 0 Å².